The van der Waals surface area contributed by atoms with Gasteiger partial charge in [0.25, 0.3) is 0 Å². The van der Waals surface area contributed by atoms with Gasteiger partial charge in [0.2, 0.25) is 5.82 Å². The largest absolute Gasteiger partial charge is 0.490 e. The molecule has 38 heavy (non-hydrogen) atoms. The van der Waals surface area contributed by atoms with E-state index in [4.69, 9.17) is 4.74 Å². The number of halogens is 3. The summed E-state index contributed by atoms with van der Waals surface area (Å²) in [6.07, 6.45) is 14.6. The summed E-state index contributed by atoms with van der Waals surface area (Å²) in [4.78, 5) is 0. The standard InChI is InChI=1S/C34H37F3O/c1-3-5-7-9-24-10-12-26(13-11-24)29-19-18-28(23-31(29)35)25-14-16-27(17-15-25)30-20-21-32(34(37)33(30)36)38-22-8-6-4-2/h3,5,12,14-21,23-24H,4,6-11,13,22H2,1-2H3/b5-3+. The molecule has 4 heteroatoms. The molecule has 3 aromatic carbocycles. The Bertz CT molecular complexity index is 1270. The zero-order chi connectivity index (χ0) is 26.9. The van der Waals surface area contributed by atoms with Crippen LogP contribution in [0.15, 0.2) is 72.8 Å². The van der Waals surface area contributed by atoms with Crippen molar-refractivity contribution in [1.29, 1.82) is 0 Å². The van der Waals surface area contributed by atoms with Crippen molar-refractivity contribution in [2.24, 2.45) is 5.92 Å². The van der Waals surface area contributed by atoms with Crippen molar-refractivity contribution in [2.45, 2.75) is 65.2 Å². The minimum atomic E-state index is -0.970. The predicted octanol–water partition coefficient (Wildman–Crippen LogP) is 10.5. The molecule has 0 radical (unpaired) electrons. The Morgan fingerprint density at radius 1 is 0.868 bits per heavy atom. The minimum absolute atomic E-state index is 0.0632. The zero-order valence-corrected chi connectivity index (χ0v) is 22.4. The van der Waals surface area contributed by atoms with Gasteiger partial charge in [0.15, 0.2) is 11.6 Å². The first-order valence-corrected chi connectivity index (χ1v) is 13.8. The summed E-state index contributed by atoms with van der Waals surface area (Å²) >= 11 is 0. The molecule has 200 valence electrons. The van der Waals surface area contributed by atoms with E-state index in [1.165, 1.54) is 12.5 Å². The number of ether oxygens (including phenoxy) is 1. The van der Waals surface area contributed by atoms with E-state index in [1.54, 1.807) is 24.3 Å². The molecule has 0 heterocycles. The van der Waals surface area contributed by atoms with Gasteiger partial charge in [-0.2, -0.15) is 4.39 Å². The summed E-state index contributed by atoms with van der Waals surface area (Å²) in [7, 11) is 0. The van der Waals surface area contributed by atoms with Gasteiger partial charge in [0.1, 0.15) is 5.82 Å². The molecular weight excluding hydrogens is 481 g/mol. The molecule has 1 aliphatic rings. The SMILES string of the molecule is C/C=C/CCC1CC=C(c2ccc(-c3ccc(-c4ccc(OCCCCC)c(F)c4F)cc3)cc2F)CC1. The van der Waals surface area contributed by atoms with Gasteiger partial charge in [-0.25, -0.2) is 8.78 Å². The molecule has 4 rings (SSSR count). The van der Waals surface area contributed by atoms with Crippen LogP contribution >= 0.6 is 0 Å². The lowest BCUT2D eigenvalue weighted by atomic mass is 9.84. The van der Waals surface area contributed by atoms with Crippen molar-refractivity contribution in [3.8, 4) is 28.0 Å². The monoisotopic (exact) mass is 518 g/mol. The highest BCUT2D eigenvalue weighted by Crippen LogP contribution is 2.36. The van der Waals surface area contributed by atoms with Crippen LogP contribution in [-0.4, -0.2) is 6.61 Å². The first-order chi connectivity index (χ1) is 18.5. The fourth-order valence-corrected chi connectivity index (χ4v) is 5.09. The first kappa shape index (κ1) is 27.8. The van der Waals surface area contributed by atoms with Gasteiger partial charge >= 0.3 is 0 Å². The number of rotatable bonds is 11. The molecule has 1 atom stereocenters. The summed E-state index contributed by atoms with van der Waals surface area (Å²) in [5, 5.41) is 0. The Morgan fingerprint density at radius 2 is 1.61 bits per heavy atom. The van der Waals surface area contributed by atoms with Gasteiger partial charge in [-0.1, -0.05) is 74.4 Å². The van der Waals surface area contributed by atoms with Crippen molar-refractivity contribution in [3.63, 3.8) is 0 Å². The molecule has 0 fully saturated rings. The number of allylic oxidation sites excluding steroid dienone is 4. The third-order valence-electron chi connectivity index (χ3n) is 7.39. The first-order valence-electron chi connectivity index (χ1n) is 13.8. The summed E-state index contributed by atoms with van der Waals surface area (Å²) in [6, 6.07) is 15.5. The fourth-order valence-electron chi connectivity index (χ4n) is 5.09. The van der Waals surface area contributed by atoms with Crippen LogP contribution < -0.4 is 4.74 Å². The van der Waals surface area contributed by atoms with Gasteiger partial charge in [-0.05, 0) is 91.8 Å². The summed E-state index contributed by atoms with van der Waals surface area (Å²) in [5.74, 6) is -1.52. The highest BCUT2D eigenvalue weighted by Gasteiger charge is 2.18. The Morgan fingerprint density at radius 3 is 2.29 bits per heavy atom. The lowest BCUT2D eigenvalue weighted by molar-refractivity contribution is 0.286. The van der Waals surface area contributed by atoms with Crippen LogP contribution in [0.2, 0.25) is 0 Å². The minimum Gasteiger partial charge on any atom is -0.490 e. The van der Waals surface area contributed by atoms with E-state index < -0.39 is 11.6 Å². The second-order valence-electron chi connectivity index (χ2n) is 10.1. The molecule has 0 aromatic heterocycles. The van der Waals surface area contributed by atoms with E-state index in [1.807, 2.05) is 31.2 Å². The number of benzene rings is 3. The highest BCUT2D eigenvalue weighted by atomic mass is 19.2. The quantitative estimate of drug-likeness (QED) is 0.181. The Kier molecular flexibility index (Phi) is 9.86. The summed E-state index contributed by atoms with van der Waals surface area (Å²) in [5.41, 5.74) is 4.05. The molecule has 0 aliphatic heterocycles. The zero-order valence-electron chi connectivity index (χ0n) is 22.4. The maximum atomic E-state index is 15.1. The fraction of sp³-hybridized carbons (Fsp3) is 0.353. The molecule has 1 aliphatic carbocycles. The topological polar surface area (TPSA) is 9.23 Å². The van der Waals surface area contributed by atoms with Gasteiger partial charge < -0.3 is 4.74 Å². The van der Waals surface area contributed by atoms with Crippen molar-refractivity contribution < 1.29 is 17.9 Å². The van der Waals surface area contributed by atoms with Crippen LogP contribution in [0, 0.1) is 23.4 Å². The molecular formula is C34H37F3O. The van der Waals surface area contributed by atoms with Gasteiger partial charge in [-0.15, -0.1) is 0 Å². The van der Waals surface area contributed by atoms with Gasteiger partial charge in [0, 0.05) is 11.1 Å². The molecule has 0 saturated carbocycles. The smallest absolute Gasteiger partial charge is 0.201 e. The maximum Gasteiger partial charge on any atom is 0.201 e. The van der Waals surface area contributed by atoms with Gasteiger partial charge in [-0.3, -0.25) is 0 Å². The van der Waals surface area contributed by atoms with E-state index >= 15 is 4.39 Å². The van der Waals surface area contributed by atoms with Crippen LogP contribution in [0.5, 0.6) is 5.75 Å². The lowest BCUT2D eigenvalue weighted by Gasteiger charge is -2.22. The molecule has 0 amide bonds. The van der Waals surface area contributed by atoms with E-state index in [0.29, 0.717) is 23.7 Å². The Balaban J connectivity index is 1.44. The molecule has 1 nitrogen and oxygen atoms in total. The number of hydrogen-bond acceptors (Lipinski definition) is 1. The molecule has 0 bridgehead atoms. The van der Waals surface area contributed by atoms with E-state index in [2.05, 4.69) is 25.2 Å². The maximum absolute atomic E-state index is 15.1. The second kappa shape index (κ2) is 13.5. The van der Waals surface area contributed by atoms with Crippen LogP contribution in [0.3, 0.4) is 0 Å². The summed E-state index contributed by atoms with van der Waals surface area (Å²) in [6.45, 7) is 4.48. The molecule has 0 N–H and O–H groups in total. The Hall–Kier alpha value is -3.27. The lowest BCUT2D eigenvalue weighted by Crippen LogP contribution is -2.06. The number of unbranched alkanes of at least 4 members (excludes halogenated alkanes) is 2. The predicted molar refractivity (Wildman–Crippen MR) is 152 cm³/mol. The highest BCUT2D eigenvalue weighted by molar-refractivity contribution is 5.74. The molecule has 0 saturated heterocycles. The number of hydrogen-bond donors (Lipinski definition) is 0. The van der Waals surface area contributed by atoms with Crippen molar-refractivity contribution in [2.75, 3.05) is 6.61 Å². The van der Waals surface area contributed by atoms with Crippen LogP contribution in [0.1, 0.15) is 70.8 Å². The van der Waals surface area contributed by atoms with E-state index in [9.17, 15) is 8.78 Å². The molecule has 3 aromatic rings. The normalized spacial score (nSPS) is 15.6. The van der Waals surface area contributed by atoms with Crippen molar-refractivity contribution in [3.05, 3.63) is 95.8 Å². The van der Waals surface area contributed by atoms with Crippen molar-refractivity contribution in [1.82, 2.24) is 0 Å². The second-order valence-corrected chi connectivity index (χ2v) is 10.1. The average molecular weight is 519 g/mol. The average Bonchev–Trinajstić information content (AvgIpc) is 2.94. The third kappa shape index (κ3) is 6.78. The van der Waals surface area contributed by atoms with Crippen molar-refractivity contribution >= 4 is 5.57 Å². The van der Waals surface area contributed by atoms with E-state index in [0.717, 1.165) is 61.6 Å². The van der Waals surface area contributed by atoms with Crippen LogP contribution in [0.25, 0.3) is 27.8 Å². The van der Waals surface area contributed by atoms with Gasteiger partial charge in [0.05, 0.1) is 6.61 Å². The van der Waals surface area contributed by atoms with E-state index in [-0.39, 0.29) is 17.1 Å². The van der Waals surface area contributed by atoms with Crippen LogP contribution in [-0.2, 0) is 0 Å². The molecule has 1 unspecified atom stereocenters. The molecule has 0 spiro atoms. The Labute approximate surface area is 225 Å². The van der Waals surface area contributed by atoms with Crippen LogP contribution in [0.4, 0.5) is 13.2 Å². The third-order valence-corrected chi connectivity index (χ3v) is 7.39. The summed E-state index contributed by atoms with van der Waals surface area (Å²) < 4.78 is 49.9.